The Morgan fingerprint density at radius 2 is 1.72 bits per heavy atom. The molecule has 3 amide bonds. The highest BCUT2D eigenvalue weighted by molar-refractivity contribution is 6.05. The monoisotopic (exact) mass is 391 g/mol. The number of likely N-dealkylation sites (N-methyl/N-ethyl adjacent to an activating group) is 2. The number of pyridine rings is 1. The van der Waals surface area contributed by atoms with Gasteiger partial charge in [0.25, 0.3) is 0 Å². The lowest BCUT2D eigenvalue weighted by atomic mass is 10.1. The Kier molecular flexibility index (Phi) is 4.01. The first-order valence-corrected chi connectivity index (χ1v) is 10.1. The van der Waals surface area contributed by atoms with Crippen LogP contribution in [0, 0.1) is 0 Å². The number of urea groups is 1. The van der Waals surface area contributed by atoms with Crippen molar-refractivity contribution in [2.45, 2.75) is 37.9 Å². The molecule has 3 aliphatic rings. The van der Waals surface area contributed by atoms with E-state index in [1.165, 1.54) is 0 Å². The van der Waals surface area contributed by atoms with Crippen LogP contribution in [0.3, 0.4) is 0 Å². The normalized spacial score (nSPS) is 24.4. The Morgan fingerprint density at radius 3 is 2.41 bits per heavy atom. The first-order valence-electron chi connectivity index (χ1n) is 10.1. The van der Waals surface area contributed by atoms with Gasteiger partial charge in [-0.3, -0.25) is 9.69 Å². The van der Waals surface area contributed by atoms with Crippen molar-refractivity contribution >= 4 is 29.3 Å². The van der Waals surface area contributed by atoms with Crippen LogP contribution < -0.4 is 14.7 Å². The van der Waals surface area contributed by atoms with E-state index in [1.54, 1.807) is 21.7 Å². The molecule has 1 saturated carbocycles. The fraction of sp³-hybridized carbons (Fsp3) is 0.409. The molecule has 2 unspecified atom stereocenters. The van der Waals surface area contributed by atoms with Crippen molar-refractivity contribution in [2.24, 2.45) is 0 Å². The molecule has 150 valence electrons. The minimum atomic E-state index is -0.246. The SMILES string of the molecule is CC1C(=O)N(C)c2ccc(N3C(=O)N(C)CC3c3ccccc3)nc2N1C1CC1. The van der Waals surface area contributed by atoms with Gasteiger partial charge < -0.3 is 14.7 Å². The van der Waals surface area contributed by atoms with Gasteiger partial charge in [-0.05, 0) is 37.5 Å². The van der Waals surface area contributed by atoms with E-state index in [4.69, 9.17) is 4.98 Å². The second-order valence-electron chi connectivity index (χ2n) is 8.18. The van der Waals surface area contributed by atoms with Gasteiger partial charge in [-0.2, -0.15) is 0 Å². The van der Waals surface area contributed by atoms with Crippen molar-refractivity contribution in [1.82, 2.24) is 9.88 Å². The van der Waals surface area contributed by atoms with Gasteiger partial charge >= 0.3 is 6.03 Å². The molecule has 1 aliphatic carbocycles. The number of carbonyl (C=O) groups is 2. The topological polar surface area (TPSA) is 60.0 Å². The minimum absolute atomic E-state index is 0.0578. The predicted molar refractivity (Wildman–Crippen MR) is 112 cm³/mol. The van der Waals surface area contributed by atoms with Gasteiger partial charge in [-0.1, -0.05) is 30.3 Å². The number of hydrogen-bond donors (Lipinski definition) is 0. The lowest BCUT2D eigenvalue weighted by Gasteiger charge is -2.40. The summed E-state index contributed by atoms with van der Waals surface area (Å²) in [5.41, 5.74) is 1.89. The maximum absolute atomic E-state index is 13.0. The Balaban J connectivity index is 1.60. The zero-order valence-corrected chi connectivity index (χ0v) is 16.9. The Morgan fingerprint density at radius 1 is 1.00 bits per heavy atom. The maximum Gasteiger partial charge on any atom is 0.326 e. The van der Waals surface area contributed by atoms with Crippen LogP contribution in [0.2, 0.25) is 0 Å². The smallest absolute Gasteiger partial charge is 0.326 e. The third kappa shape index (κ3) is 2.75. The molecule has 2 fully saturated rings. The van der Waals surface area contributed by atoms with Crippen LogP contribution in [0.15, 0.2) is 42.5 Å². The van der Waals surface area contributed by atoms with Crippen molar-refractivity contribution < 1.29 is 9.59 Å². The van der Waals surface area contributed by atoms with Gasteiger partial charge in [0.05, 0.1) is 11.7 Å². The predicted octanol–water partition coefficient (Wildman–Crippen LogP) is 3.03. The van der Waals surface area contributed by atoms with Crippen LogP contribution in [0.5, 0.6) is 0 Å². The Bertz CT molecular complexity index is 974. The van der Waals surface area contributed by atoms with E-state index in [0.717, 1.165) is 29.9 Å². The summed E-state index contributed by atoms with van der Waals surface area (Å²) in [6.45, 7) is 2.55. The summed E-state index contributed by atoms with van der Waals surface area (Å²) in [6.07, 6.45) is 2.15. The number of carbonyl (C=O) groups excluding carboxylic acids is 2. The lowest BCUT2D eigenvalue weighted by molar-refractivity contribution is -0.119. The Labute approximate surface area is 170 Å². The zero-order valence-electron chi connectivity index (χ0n) is 16.9. The average molecular weight is 391 g/mol. The summed E-state index contributed by atoms with van der Waals surface area (Å²) >= 11 is 0. The number of fused-ring (bicyclic) bond motifs is 1. The lowest BCUT2D eigenvalue weighted by Crippen LogP contribution is -2.52. The van der Waals surface area contributed by atoms with E-state index in [0.29, 0.717) is 18.4 Å². The molecule has 1 aromatic carbocycles. The average Bonchev–Trinajstić information content (AvgIpc) is 3.52. The van der Waals surface area contributed by atoms with E-state index in [2.05, 4.69) is 4.90 Å². The van der Waals surface area contributed by atoms with E-state index in [9.17, 15) is 9.59 Å². The molecule has 1 aromatic heterocycles. The molecule has 7 heteroatoms. The first-order chi connectivity index (χ1) is 14.0. The molecule has 3 heterocycles. The highest BCUT2D eigenvalue weighted by Crippen LogP contribution is 2.43. The standard InChI is InChI=1S/C22H25N5O2/c1-14-21(28)25(3)17-11-12-19(23-20(17)26(14)16-9-10-16)27-18(13-24(2)22(27)29)15-7-5-4-6-8-15/h4-8,11-12,14,16,18H,9-10,13H2,1-3H3. The molecule has 29 heavy (non-hydrogen) atoms. The summed E-state index contributed by atoms with van der Waals surface area (Å²) in [6, 6.07) is 13.8. The van der Waals surface area contributed by atoms with Crippen molar-refractivity contribution in [2.75, 3.05) is 35.3 Å². The number of aromatic nitrogens is 1. The molecule has 0 spiro atoms. The molecule has 0 bridgehead atoms. The maximum atomic E-state index is 13.0. The van der Waals surface area contributed by atoms with Crippen LogP contribution in [-0.4, -0.2) is 54.5 Å². The molecule has 5 rings (SSSR count). The number of benzene rings is 1. The highest BCUT2D eigenvalue weighted by atomic mass is 16.2. The molecule has 2 aromatic rings. The quantitative estimate of drug-likeness (QED) is 0.807. The molecular weight excluding hydrogens is 366 g/mol. The van der Waals surface area contributed by atoms with Crippen LogP contribution in [0.4, 0.5) is 22.1 Å². The van der Waals surface area contributed by atoms with E-state index in [-0.39, 0.29) is 24.0 Å². The van der Waals surface area contributed by atoms with Crippen LogP contribution >= 0.6 is 0 Å². The fourth-order valence-corrected chi connectivity index (χ4v) is 4.48. The first kappa shape index (κ1) is 18.0. The molecule has 0 N–H and O–H groups in total. The highest BCUT2D eigenvalue weighted by Gasteiger charge is 2.44. The number of nitrogens with zero attached hydrogens (tertiary/aromatic N) is 5. The summed E-state index contributed by atoms with van der Waals surface area (Å²) in [7, 11) is 3.62. The van der Waals surface area contributed by atoms with Gasteiger partial charge in [0.15, 0.2) is 5.82 Å². The van der Waals surface area contributed by atoms with Crippen LogP contribution in [0.25, 0.3) is 0 Å². The number of amides is 3. The second-order valence-corrected chi connectivity index (χ2v) is 8.18. The molecule has 1 saturated heterocycles. The van der Waals surface area contributed by atoms with Gasteiger partial charge in [-0.15, -0.1) is 0 Å². The largest absolute Gasteiger partial charge is 0.340 e. The summed E-state index contributed by atoms with van der Waals surface area (Å²) in [5.74, 6) is 1.51. The summed E-state index contributed by atoms with van der Waals surface area (Å²) in [5, 5.41) is 0. The van der Waals surface area contributed by atoms with Gasteiger partial charge in [0.1, 0.15) is 11.9 Å². The third-order valence-electron chi connectivity index (χ3n) is 6.21. The third-order valence-corrected chi connectivity index (χ3v) is 6.21. The molecule has 0 radical (unpaired) electrons. The van der Waals surface area contributed by atoms with Crippen molar-refractivity contribution in [1.29, 1.82) is 0 Å². The summed E-state index contributed by atoms with van der Waals surface area (Å²) < 4.78 is 0. The van der Waals surface area contributed by atoms with Gasteiger partial charge in [0.2, 0.25) is 5.91 Å². The second kappa shape index (κ2) is 6.47. The zero-order chi connectivity index (χ0) is 20.3. The number of anilines is 3. The van der Waals surface area contributed by atoms with Crippen molar-refractivity contribution in [3.63, 3.8) is 0 Å². The molecular formula is C22H25N5O2. The van der Waals surface area contributed by atoms with Crippen LogP contribution in [0.1, 0.15) is 31.4 Å². The summed E-state index contributed by atoms with van der Waals surface area (Å²) in [4.78, 5) is 38.0. The van der Waals surface area contributed by atoms with Crippen molar-refractivity contribution in [3.8, 4) is 0 Å². The van der Waals surface area contributed by atoms with E-state index >= 15 is 0 Å². The Hall–Kier alpha value is -3.09. The number of hydrogen-bond acceptors (Lipinski definition) is 4. The van der Waals surface area contributed by atoms with Crippen LogP contribution in [-0.2, 0) is 4.79 Å². The van der Waals surface area contributed by atoms with Gasteiger partial charge in [0, 0.05) is 26.7 Å². The van der Waals surface area contributed by atoms with E-state index in [1.807, 2.05) is 56.4 Å². The van der Waals surface area contributed by atoms with Crippen molar-refractivity contribution in [3.05, 3.63) is 48.0 Å². The number of rotatable bonds is 3. The molecule has 2 atom stereocenters. The minimum Gasteiger partial charge on any atom is -0.340 e. The molecule has 2 aliphatic heterocycles. The van der Waals surface area contributed by atoms with Gasteiger partial charge in [-0.25, -0.2) is 9.78 Å². The molecule has 7 nitrogen and oxygen atoms in total. The fourth-order valence-electron chi connectivity index (χ4n) is 4.48. The van der Waals surface area contributed by atoms with E-state index < -0.39 is 0 Å².